The van der Waals surface area contributed by atoms with Crippen LogP contribution in [0.5, 0.6) is 0 Å². The largest absolute Gasteiger partial charge is 0.364 e. The summed E-state index contributed by atoms with van der Waals surface area (Å²) in [7, 11) is 0. The zero-order valence-corrected chi connectivity index (χ0v) is 18.3. The molecule has 1 aliphatic heterocycles. The summed E-state index contributed by atoms with van der Waals surface area (Å²) < 4.78 is 4.96. The molecule has 0 spiro atoms. The van der Waals surface area contributed by atoms with Crippen molar-refractivity contribution >= 4 is 23.3 Å². The minimum Gasteiger partial charge on any atom is -0.364 e. The second kappa shape index (κ2) is 8.65. The highest BCUT2D eigenvalue weighted by molar-refractivity contribution is 6.09. The van der Waals surface area contributed by atoms with Crippen molar-refractivity contribution in [1.29, 1.82) is 0 Å². The summed E-state index contributed by atoms with van der Waals surface area (Å²) in [5.41, 5.74) is 2.73. The van der Waals surface area contributed by atoms with Crippen LogP contribution in [0.15, 0.2) is 29.0 Å². The van der Waals surface area contributed by atoms with Gasteiger partial charge in [-0.15, -0.1) is 0 Å². The molecule has 2 aromatic rings. The van der Waals surface area contributed by atoms with Crippen LogP contribution in [0.25, 0.3) is 0 Å². The maximum atomic E-state index is 13.4. The summed E-state index contributed by atoms with van der Waals surface area (Å²) >= 11 is 0. The number of ketones is 1. The lowest BCUT2D eigenvalue weighted by molar-refractivity contribution is -0.121. The number of fused-ring (bicyclic) bond motifs is 1. The highest BCUT2D eigenvalue weighted by Gasteiger charge is 2.36. The molecule has 31 heavy (non-hydrogen) atoms. The topological polar surface area (TPSA) is 92.5 Å². The monoisotopic (exact) mass is 423 g/mol. The molecule has 4 rings (SSSR count). The van der Waals surface area contributed by atoms with E-state index in [9.17, 15) is 14.4 Å². The van der Waals surface area contributed by atoms with Gasteiger partial charge in [0.15, 0.2) is 0 Å². The number of Topliss-reactive ketones (excluding diaryl/α,β-unsaturated/α-hetero) is 1. The van der Waals surface area contributed by atoms with E-state index in [2.05, 4.69) is 10.5 Å². The summed E-state index contributed by atoms with van der Waals surface area (Å²) in [5.74, 6) is 0.0395. The number of carbonyl (C=O) groups is 3. The lowest BCUT2D eigenvalue weighted by Crippen LogP contribution is -2.43. The summed E-state index contributed by atoms with van der Waals surface area (Å²) in [6.45, 7) is 6.09. The Bertz CT molecular complexity index is 1010. The van der Waals surface area contributed by atoms with Gasteiger partial charge in [0.2, 0.25) is 0 Å². The molecule has 0 bridgehead atoms. The van der Waals surface area contributed by atoms with Crippen LogP contribution in [-0.2, 0) is 11.2 Å². The van der Waals surface area contributed by atoms with E-state index < -0.39 is 0 Å². The van der Waals surface area contributed by atoms with Crippen LogP contribution in [0.2, 0.25) is 0 Å². The number of anilines is 1. The molecule has 1 fully saturated rings. The highest BCUT2D eigenvalue weighted by atomic mass is 16.5. The third-order valence-corrected chi connectivity index (χ3v) is 6.87. The Morgan fingerprint density at radius 3 is 2.68 bits per heavy atom. The van der Waals surface area contributed by atoms with Crippen molar-refractivity contribution in [1.82, 2.24) is 10.5 Å². The highest BCUT2D eigenvalue weighted by Crippen LogP contribution is 2.33. The number of hydrogen-bond acceptors (Lipinski definition) is 5. The molecular weight excluding hydrogens is 394 g/mol. The molecule has 2 unspecified atom stereocenters. The van der Waals surface area contributed by atoms with Gasteiger partial charge in [-0.1, -0.05) is 31.3 Å². The van der Waals surface area contributed by atoms with Gasteiger partial charge in [-0.25, -0.2) is 0 Å². The maximum Gasteiger partial charge on any atom is 0.263 e. The van der Waals surface area contributed by atoms with Crippen molar-refractivity contribution in [3.8, 4) is 0 Å². The molecular formula is C24H29N3O4. The second-order valence-electron chi connectivity index (χ2n) is 8.85. The Morgan fingerprint density at radius 2 is 2.03 bits per heavy atom. The minimum atomic E-state index is -0.337. The first-order valence-electron chi connectivity index (χ1n) is 11.0. The number of hydrogen-bond donors (Lipinski definition) is 1. The average Bonchev–Trinajstić information content (AvgIpc) is 3.12. The van der Waals surface area contributed by atoms with Gasteiger partial charge in [0.25, 0.3) is 11.8 Å². The number of amides is 2. The fourth-order valence-corrected chi connectivity index (χ4v) is 4.36. The minimum absolute atomic E-state index is 0.0497. The number of nitrogens with zero attached hydrogens (tertiary/aromatic N) is 2. The fraction of sp³-hybridized carbons (Fsp3) is 0.500. The Kier molecular flexibility index (Phi) is 5.94. The number of nitrogens with one attached hydrogen (secondary N) is 1. The Balaban J connectivity index is 1.61. The molecule has 0 radical (unpaired) electrons. The molecule has 164 valence electrons. The summed E-state index contributed by atoms with van der Waals surface area (Å²) in [5, 5.41) is 6.81. The smallest absolute Gasteiger partial charge is 0.263 e. The third-order valence-electron chi connectivity index (χ3n) is 6.87. The van der Waals surface area contributed by atoms with Crippen LogP contribution >= 0.6 is 0 Å². The van der Waals surface area contributed by atoms with Crippen LogP contribution in [0.3, 0.4) is 0 Å². The molecule has 1 N–H and O–H groups in total. The lowest BCUT2D eigenvalue weighted by Gasteiger charge is -2.31. The van der Waals surface area contributed by atoms with Crippen molar-refractivity contribution in [2.24, 2.45) is 11.8 Å². The molecule has 1 saturated carbocycles. The van der Waals surface area contributed by atoms with E-state index in [1.807, 2.05) is 13.8 Å². The van der Waals surface area contributed by atoms with E-state index in [1.165, 1.54) is 25.5 Å². The standard InChI is InChI=1S/C24H29N3O4/c1-14-16(3)27(24(30)20-13-31-26-15(20)2)21-8-7-18(11-19(21)12-22(14)28)23(29)25-10-9-17-5-4-6-17/h7-8,11,13-14,16-17H,4-6,9-10,12H2,1-3H3,(H,25,29). The van der Waals surface area contributed by atoms with Crippen molar-refractivity contribution < 1.29 is 18.9 Å². The predicted molar refractivity (Wildman–Crippen MR) is 116 cm³/mol. The van der Waals surface area contributed by atoms with Crippen LogP contribution in [0.4, 0.5) is 5.69 Å². The second-order valence-corrected chi connectivity index (χ2v) is 8.85. The van der Waals surface area contributed by atoms with E-state index in [0.717, 1.165) is 12.3 Å². The third kappa shape index (κ3) is 4.13. The van der Waals surface area contributed by atoms with Gasteiger partial charge >= 0.3 is 0 Å². The van der Waals surface area contributed by atoms with Gasteiger partial charge in [0, 0.05) is 36.2 Å². The van der Waals surface area contributed by atoms with Gasteiger partial charge in [0.05, 0.1) is 5.69 Å². The Labute approximate surface area is 182 Å². The molecule has 2 heterocycles. The Morgan fingerprint density at radius 1 is 1.26 bits per heavy atom. The van der Waals surface area contributed by atoms with Crippen LogP contribution in [0.1, 0.15) is 71.5 Å². The molecule has 7 nitrogen and oxygen atoms in total. The van der Waals surface area contributed by atoms with Crippen molar-refractivity contribution in [3.63, 3.8) is 0 Å². The Hall–Kier alpha value is -2.96. The van der Waals surface area contributed by atoms with Crippen molar-refractivity contribution in [3.05, 3.63) is 46.8 Å². The van der Waals surface area contributed by atoms with Gasteiger partial charge in [0.1, 0.15) is 17.6 Å². The van der Waals surface area contributed by atoms with Gasteiger partial charge in [-0.3, -0.25) is 14.4 Å². The molecule has 2 aliphatic rings. The van der Waals surface area contributed by atoms with Crippen LogP contribution in [0, 0.1) is 18.8 Å². The normalized spacial score (nSPS) is 21.3. The van der Waals surface area contributed by atoms with E-state index in [4.69, 9.17) is 4.52 Å². The van der Waals surface area contributed by atoms with E-state index in [1.54, 1.807) is 30.0 Å². The summed E-state index contributed by atoms with van der Waals surface area (Å²) in [6.07, 6.45) is 6.33. The lowest BCUT2D eigenvalue weighted by atomic mass is 9.83. The molecule has 2 amide bonds. The molecule has 1 aromatic carbocycles. The van der Waals surface area contributed by atoms with Gasteiger partial charge in [-0.2, -0.15) is 0 Å². The first kappa shape index (κ1) is 21.3. The summed E-state index contributed by atoms with van der Waals surface area (Å²) in [6, 6.07) is 4.92. The fourth-order valence-electron chi connectivity index (χ4n) is 4.36. The zero-order chi connectivity index (χ0) is 22.1. The number of rotatable bonds is 5. The van der Waals surface area contributed by atoms with E-state index in [0.29, 0.717) is 34.6 Å². The summed E-state index contributed by atoms with van der Waals surface area (Å²) in [4.78, 5) is 40.5. The number of aromatic nitrogens is 1. The number of benzene rings is 1. The molecule has 1 aliphatic carbocycles. The first-order chi connectivity index (χ1) is 14.9. The average molecular weight is 424 g/mol. The number of aryl methyl sites for hydroxylation is 1. The SMILES string of the molecule is Cc1nocc1C(=O)N1c2ccc(C(=O)NCCC3CCC3)cc2CC(=O)C(C)C1C. The van der Waals surface area contributed by atoms with Crippen LogP contribution < -0.4 is 10.2 Å². The van der Waals surface area contributed by atoms with E-state index in [-0.39, 0.29) is 36.0 Å². The van der Waals surface area contributed by atoms with E-state index >= 15 is 0 Å². The first-order valence-corrected chi connectivity index (χ1v) is 11.0. The van der Waals surface area contributed by atoms with Crippen molar-refractivity contribution in [2.45, 2.75) is 58.9 Å². The van der Waals surface area contributed by atoms with Crippen molar-refractivity contribution in [2.75, 3.05) is 11.4 Å². The number of carbonyl (C=O) groups excluding carboxylic acids is 3. The molecule has 1 aromatic heterocycles. The molecule has 2 atom stereocenters. The van der Waals surface area contributed by atoms with Crippen LogP contribution in [-0.4, -0.2) is 35.3 Å². The van der Waals surface area contributed by atoms with Gasteiger partial charge in [-0.05, 0) is 49.9 Å². The predicted octanol–water partition coefficient (Wildman–Crippen LogP) is 3.70. The zero-order valence-electron chi connectivity index (χ0n) is 18.3. The van der Waals surface area contributed by atoms with Gasteiger partial charge < -0.3 is 14.7 Å². The quantitative estimate of drug-likeness (QED) is 0.792. The maximum absolute atomic E-state index is 13.4. The molecule has 0 saturated heterocycles. The molecule has 7 heteroatoms.